The standard InChI is InChI=1S/C20H22N4O2/c1-13-7-6-8-14(2)19(13)23-18(25)12-24(3)11-17-21-16-10-5-4-9-15(16)20(26)22-17/h4-10H,11-12H2,1-3H3,(H,23,25)(H,21,22,26). The summed E-state index contributed by atoms with van der Waals surface area (Å²) >= 11 is 0. The number of rotatable bonds is 5. The molecule has 0 fully saturated rings. The molecule has 0 radical (unpaired) electrons. The van der Waals surface area contributed by atoms with Crippen LogP contribution in [0.4, 0.5) is 5.69 Å². The van der Waals surface area contributed by atoms with Gasteiger partial charge in [0.15, 0.2) is 0 Å². The number of H-pyrrole nitrogens is 1. The van der Waals surface area contributed by atoms with Crippen molar-refractivity contribution in [2.24, 2.45) is 0 Å². The van der Waals surface area contributed by atoms with Crippen molar-refractivity contribution in [3.05, 3.63) is 69.8 Å². The predicted molar refractivity (Wildman–Crippen MR) is 103 cm³/mol. The van der Waals surface area contributed by atoms with Gasteiger partial charge in [-0.25, -0.2) is 4.98 Å². The monoisotopic (exact) mass is 350 g/mol. The van der Waals surface area contributed by atoms with Crippen LogP contribution in [0.25, 0.3) is 10.9 Å². The van der Waals surface area contributed by atoms with Crippen LogP contribution in [0.2, 0.25) is 0 Å². The van der Waals surface area contributed by atoms with E-state index in [-0.39, 0.29) is 18.0 Å². The molecule has 0 saturated heterocycles. The van der Waals surface area contributed by atoms with Gasteiger partial charge in [0.05, 0.1) is 24.0 Å². The Labute approximate surface area is 151 Å². The van der Waals surface area contributed by atoms with Crippen LogP contribution in [-0.2, 0) is 11.3 Å². The van der Waals surface area contributed by atoms with E-state index in [4.69, 9.17) is 0 Å². The molecular formula is C20H22N4O2. The highest BCUT2D eigenvalue weighted by Gasteiger charge is 2.12. The van der Waals surface area contributed by atoms with Gasteiger partial charge in [-0.3, -0.25) is 14.5 Å². The van der Waals surface area contributed by atoms with E-state index in [0.29, 0.717) is 23.3 Å². The van der Waals surface area contributed by atoms with Gasteiger partial charge in [-0.15, -0.1) is 0 Å². The number of fused-ring (bicyclic) bond motifs is 1. The molecule has 0 spiro atoms. The average Bonchev–Trinajstić information content (AvgIpc) is 2.58. The molecule has 0 atom stereocenters. The molecule has 0 aliphatic heterocycles. The second kappa shape index (κ2) is 7.49. The third kappa shape index (κ3) is 3.97. The summed E-state index contributed by atoms with van der Waals surface area (Å²) in [5, 5.41) is 3.52. The molecule has 0 unspecified atom stereocenters. The lowest BCUT2D eigenvalue weighted by molar-refractivity contribution is -0.117. The molecule has 6 nitrogen and oxygen atoms in total. The van der Waals surface area contributed by atoms with Gasteiger partial charge in [0.25, 0.3) is 5.56 Å². The van der Waals surface area contributed by atoms with Crippen LogP contribution in [0.5, 0.6) is 0 Å². The van der Waals surface area contributed by atoms with Crippen molar-refractivity contribution in [3.63, 3.8) is 0 Å². The van der Waals surface area contributed by atoms with E-state index in [2.05, 4.69) is 15.3 Å². The molecule has 0 aliphatic carbocycles. The van der Waals surface area contributed by atoms with Gasteiger partial charge in [-0.05, 0) is 44.2 Å². The maximum Gasteiger partial charge on any atom is 0.258 e. The van der Waals surface area contributed by atoms with Gasteiger partial charge in [-0.1, -0.05) is 30.3 Å². The van der Waals surface area contributed by atoms with Crippen molar-refractivity contribution in [2.75, 3.05) is 18.9 Å². The quantitative estimate of drug-likeness (QED) is 0.741. The zero-order chi connectivity index (χ0) is 18.7. The predicted octanol–water partition coefficient (Wildman–Crippen LogP) is 2.61. The molecule has 0 aliphatic rings. The number of benzene rings is 2. The van der Waals surface area contributed by atoms with Gasteiger partial charge >= 0.3 is 0 Å². The van der Waals surface area contributed by atoms with Crippen LogP contribution in [0, 0.1) is 13.8 Å². The largest absolute Gasteiger partial charge is 0.324 e. The fraction of sp³-hybridized carbons (Fsp3) is 0.250. The molecule has 0 bridgehead atoms. The highest BCUT2D eigenvalue weighted by Crippen LogP contribution is 2.19. The molecule has 2 N–H and O–H groups in total. The summed E-state index contributed by atoms with van der Waals surface area (Å²) in [6, 6.07) is 13.1. The molecular weight excluding hydrogens is 328 g/mol. The molecule has 0 saturated carbocycles. The van der Waals surface area contributed by atoms with Gasteiger partial charge in [0.1, 0.15) is 5.82 Å². The normalized spacial score (nSPS) is 11.1. The highest BCUT2D eigenvalue weighted by atomic mass is 16.2. The number of likely N-dealkylation sites (N-methyl/N-ethyl adjacent to an activating group) is 1. The number of hydrogen-bond acceptors (Lipinski definition) is 4. The summed E-state index contributed by atoms with van der Waals surface area (Å²) in [6.45, 7) is 4.51. The zero-order valence-corrected chi connectivity index (χ0v) is 15.2. The Morgan fingerprint density at radius 2 is 1.81 bits per heavy atom. The number of carbonyl (C=O) groups excluding carboxylic acids is 1. The van der Waals surface area contributed by atoms with Crippen LogP contribution >= 0.6 is 0 Å². The van der Waals surface area contributed by atoms with Gasteiger partial charge in [0, 0.05) is 5.69 Å². The molecule has 1 amide bonds. The fourth-order valence-electron chi connectivity index (χ4n) is 2.96. The summed E-state index contributed by atoms with van der Waals surface area (Å²) in [7, 11) is 1.82. The van der Waals surface area contributed by atoms with Crippen LogP contribution in [0.15, 0.2) is 47.3 Å². The number of carbonyl (C=O) groups is 1. The number of amides is 1. The first-order chi connectivity index (χ1) is 12.4. The number of nitrogens with one attached hydrogen (secondary N) is 2. The number of nitrogens with zero attached hydrogens (tertiary/aromatic N) is 2. The van der Waals surface area contributed by atoms with E-state index in [0.717, 1.165) is 16.8 Å². The zero-order valence-electron chi connectivity index (χ0n) is 15.2. The maximum atomic E-state index is 12.4. The Morgan fingerprint density at radius 1 is 1.12 bits per heavy atom. The van der Waals surface area contributed by atoms with Crippen molar-refractivity contribution in [3.8, 4) is 0 Å². The molecule has 3 rings (SSSR count). The Bertz CT molecular complexity index is 990. The molecule has 134 valence electrons. The topological polar surface area (TPSA) is 78.1 Å². The number of aryl methyl sites for hydroxylation is 2. The van der Waals surface area contributed by atoms with Gasteiger partial charge in [0.2, 0.25) is 5.91 Å². The summed E-state index contributed by atoms with van der Waals surface area (Å²) in [5.74, 6) is 0.434. The Kier molecular flexibility index (Phi) is 5.14. The summed E-state index contributed by atoms with van der Waals surface area (Å²) in [5.41, 5.74) is 3.39. The number of anilines is 1. The minimum Gasteiger partial charge on any atom is -0.324 e. The smallest absolute Gasteiger partial charge is 0.258 e. The van der Waals surface area contributed by atoms with Gasteiger partial charge in [-0.2, -0.15) is 0 Å². The van der Waals surface area contributed by atoms with Crippen molar-refractivity contribution in [1.82, 2.24) is 14.9 Å². The van der Waals surface area contributed by atoms with E-state index in [1.165, 1.54) is 0 Å². The van der Waals surface area contributed by atoms with E-state index in [9.17, 15) is 9.59 Å². The summed E-state index contributed by atoms with van der Waals surface area (Å²) < 4.78 is 0. The minimum atomic E-state index is -0.168. The van der Waals surface area contributed by atoms with Crippen LogP contribution in [-0.4, -0.2) is 34.4 Å². The second-order valence-corrected chi connectivity index (χ2v) is 6.52. The number of aromatic amines is 1. The summed E-state index contributed by atoms with van der Waals surface area (Å²) in [4.78, 5) is 33.5. The molecule has 2 aromatic carbocycles. The van der Waals surface area contributed by atoms with Crippen molar-refractivity contribution in [2.45, 2.75) is 20.4 Å². The molecule has 1 heterocycles. The Morgan fingerprint density at radius 3 is 2.54 bits per heavy atom. The number of aromatic nitrogens is 2. The first-order valence-corrected chi connectivity index (χ1v) is 8.46. The van der Waals surface area contributed by atoms with Gasteiger partial charge < -0.3 is 10.3 Å². The molecule has 1 aromatic heterocycles. The van der Waals surface area contributed by atoms with Crippen LogP contribution in [0.1, 0.15) is 17.0 Å². The van der Waals surface area contributed by atoms with Crippen LogP contribution in [0.3, 0.4) is 0 Å². The molecule has 3 aromatic rings. The van der Waals surface area contributed by atoms with Crippen LogP contribution < -0.4 is 10.9 Å². The maximum absolute atomic E-state index is 12.4. The van der Waals surface area contributed by atoms with Crippen molar-refractivity contribution in [1.29, 1.82) is 0 Å². The molecule has 26 heavy (non-hydrogen) atoms. The van der Waals surface area contributed by atoms with Crippen molar-refractivity contribution < 1.29 is 4.79 Å². The second-order valence-electron chi connectivity index (χ2n) is 6.52. The third-order valence-electron chi connectivity index (χ3n) is 4.24. The Balaban J connectivity index is 1.68. The van der Waals surface area contributed by atoms with E-state index in [1.807, 2.05) is 62.2 Å². The van der Waals surface area contributed by atoms with Crippen molar-refractivity contribution >= 4 is 22.5 Å². The first kappa shape index (κ1) is 17.8. The first-order valence-electron chi connectivity index (χ1n) is 8.46. The molecule has 6 heteroatoms. The highest BCUT2D eigenvalue weighted by molar-refractivity contribution is 5.93. The van der Waals surface area contributed by atoms with E-state index >= 15 is 0 Å². The third-order valence-corrected chi connectivity index (χ3v) is 4.24. The minimum absolute atomic E-state index is 0.104. The lowest BCUT2D eigenvalue weighted by atomic mass is 10.1. The van der Waals surface area contributed by atoms with E-state index < -0.39 is 0 Å². The number of hydrogen-bond donors (Lipinski definition) is 2. The summed E-state index contributed by atoms with van der Waals surface area (Å²) in [6.07, 6.45) is 0. The Hall–Kier alpha value is -2.99. The lowest BCUT2D eigenvalue weighted by Crippen LogP contribution is -2.31. The number of para-hydroxylation sites is 2. The lowest BCUT2D eigenvalue weighted by Gasteiger charge is -2.17. The SMILES string of the molecule is Cc1cccc(C)c1NC(=O)CN(C)Cc1nc2ccccc2c(=O)[nH]1. The van der Waals surface area contributed by atoms with E-state index in [1.54, 1.807) is 6.07 Å². The average molecular weight is 350 g/mol. The fourth-order valence-corrected chi connectivity index (χ4v) is 2.96.